The summed E-state index contributed by atoms with van der Waals surface area (Å²) >= 11 is 0. The van der Waals surface area contributed by atoms with Gasteiger partial charge in [-0.1, -0.05) is 12.8 Å². The first-order valence-electron chi connectivity index (χ1n) is 10.1. The molecule has 2 aliphatic rings. The molecule has 8 nitrogen and oxygen atoms in total. The lowest BCUT2D eigenvalue weighted by molar-refractivity contribution is -0.136. The van der Waals surface area contributed by atoms with Gasteiger partial charge in [0.25, 0.3) is 5.91 Å². The summed E-state index contributed by atoms with van der Waals surface area (Å²) in [6.45, 7) is 6.30. The Kier molecular flexibility index (Phi) is 4.95. The van der Waals surface area contributed by atoms with Crippen LogP contribution in [0.3, 0.4) is 0 Å². The Balaban J connectivity index is 1.41. The Labute approximate surface area is 164 Å². The molecular weight excluding hydrogens is 356 g/mol. The van der Waals surface area contributed by atoms with Crippen LogP contribution in [0.4, 0.5) is 0 Å². The molecule has 150 valence electrons. The number of hydrogen-bond donors (Lipinski definition) is 1. The van der Waals surface area contributed by atoms with Crippen molar-refractivity contribution in [3.05, 3.63) is 23.1 Å². The number of carbonyl (C=O) groups excluding carboxylic acids is 2. The Bertz CT molecular complexity index is 885. The highest BCUT2D eigenvalue weighted by molar-refractivity contribution is 5.93. The van der Waals surface area contributed by atoms with Gasteiger partial charge in [-0.05, 0) is 32.8 Å². The van der Waals surface area contributed by atoms with Gasteiger partial charge in [-0.2, -0.15) is 10.2 Å². The molecule has 8 heteroatoms. The molecule has 0 spiro atoms. The van der Waals surface area contributed by atoms with Gasteiger partial charge in [0.1, 0.15) is 5.69 Å². The molecule has 1 aliphatic heterocycles. The lowest BCUT2D eigenvalue weighted by atomic mass is 10.1. The van der Waals surface area contributed by atoms with Crippen molar-refractivity contribution in [3.8, 4) is 11.3 Å². The number of nitrogens with zero attached hydrogens (tertiary/aromatic N) is 5. The molecule has 0 aromatic carbocycles. The number of H-pyrrole nitrogens is 1. The quantitative estimate of drug-likeness (QED) is 0.876. The predicted molar refractivity (Wildman–Crippen MR) is 105 cm³/mol. The standard InChI is InChI=1S/C20H28N6O2/c1-13-18(14(2)24(3)23-13)16-12-17(22-21-16)20(28)26-10-8-25(9-11-26)19(27)15-6-4-5-7-15/h12,15H,4-11H2,1-3H3,(H,21,22). The van der Waals surface area contributed by atoms with Crippen molar-refractivity contribution in [2.75, 3.05) is 26.2 Å². The third-order valence-electron chi connectivity index (χ3n) is 6.16. The molecule has 2 fully saturated rings. The topological polar surface area (TPSA) is 87.1 Å². The van der Waals surface area contributed by atoms with E-state index in [-0.39, 0.29) is 17.7 Å². The number of amides is 2. The minimum absolute atomic E-state index is 0.0640. The summed E-state index contributed by atoms with van der Waals surface area (Å²) in [4.78, 5) is 29.2. The second-order valence-electron chi connectivity index (χ2n) is 7.94. The first-order chi connectivity index (χ1) is 13.5. The largest absolute Gasteiger partial charge is 0.339 e. The molecule has 2 aromatic rings. The first kappa shape index (κ1) is 18.7. The van der Waals surface area contributed by atoms with Crippen LogP contribution < -0.4 is 0 Å². The molecule has 0 radical (unpaired) electrons. The number of aromatic nitrogens is 4. The fourth-order valence-electron chi connectivity index (χ4n) is 4.43. The second kappa shape index (κ2) is 7.41. The maximum atomic E-state index is 12.9. The highest BCUT2D eigenvalue weighted by Crippen LogP contribution is 2.28. The zero-order valence-corrected chi connectivity index (χ0v) is 16.9. The van der Waals surface area contributed by atoms with Crippen LogP contribution in [0.5, 0.6) is 0 Å². The van der Waals surface area contributed by atoms with E-state index in [4.69, 9.17) is 0 Å². The molecule has 2 aromatic heterocycles. The monoisotopic (exact) mass is 384 g/mol. The lowest BCUT2D eigenvalue weighted by Gasteiger charge is -2.35. The Morgan fingerprint density at radius 1 is 1.07 bits per heavy atom. The normalized spacial score (nSPS) is 18.1. The van der Waals surface area contributed by atoms with E-state index in [0.717, 1.165) is 48.3 Å². The minimum atomic E-state index is -0.0640. The van der Waals surface area contributed by atoms with Gasteiger partial charge in [0.15, 0.2) is 0 Å². The minimum Gasteiger partial charge on any atom is -0.339 e. The molecule has 0 unspecified atom stereocenters. The molecule has 0 atom stereocenters. The van der Waals surface area contributed by atoms with Gasteiger partial charge in [0.2, 0.25) is 5.91 Å². The maximum absolute atomic E-state index is 12.9. The van der Waals surface area contributed by atoms with E-state index in [1.165, 1.54) is 0 Å². The van der Waals surface area contributed by atoms with E-state index >= 15 is 0 Å². The Hall–Kier alpha value is -2.64. The number of aryl methyl sites for hydroxylation is 2. The third kappa shape index (κ3) is 3.31. The summed E-state index contributed by atoms with van der Waals surface area (Å²) in [7, 11) is 1.90. The van der Waals surface area contributed by atoms with Crippen molar-refractivity contribution in [3.63, 3.8) is 0 Å². The maximum Gasteiger partial charge on any atom is 0.272 e. The predicted octanol–water partition coefficient (Wildman–Crippen LogP) is 1.90. The van der Waals surface area contributed by atoms with Gasteiger partial charge in [-0.25, -0.2) is 0 Å². The zero-order chi connectivity index (χ0) is 19.8. The van der Waals surface area contributed by atoms with Gasteiger partial charge in [-0.15, -0.1) is 0 Å². The highest BCUT2D eigenvalue weighted by Gasteiger charge is 2.31. The van der Waals surface area contributed by atoms with Crippen LogP contribution in [0.15, 0.2) is 6.07 Å². The fourth-order valence-corrected chi connectivity index (χ4v) is 4.43. The van der Waals surface area contributed by atoms with Crippen LogP contribution in [0, 0.1) is 19.8 Å². The van der Waals surface area contributed by atoms with Crippen LogP contribution in [0.25, 0.3) is 11.3 Å². The summed E-state index contributed by atoms with van der Waals surface area (Å²) < 4.78 is 1.82. The van der Waals surface area contributed by atoms with Crippen LogP contribution in [0.2, 0.25) is 0 Å². The molecule has 28 heavy (non-hydrogen) atoms. The second-order valence-corrected chi connectivity index (χ2v) is 7.94. The van der Waals surface area contributed by atoms with E-state index in [0.29, 0.717) is 31.9 Å². The lowest BCUT2D eigenvalue weighted by Crippen LogP contribution is -2.51. The first-order valence-corrected chi connectivity index (χ1v) is 10.1. The van der Waals surface area contributed by atoms with Crippen molar-refractivity contribution < 1.29 is 9.59 Å². The van der Waals surface area contributed by atoms with Gasteiger partial charge in [0.05, 0.1) is 11.4 Å². The molecule has 1 aliphatic carbocycles. The number of piperazine rings is 1. The van der Waals surface area contributed by atoms with Gasteiger partial charge in [0, 0.05) is 50.4 Å². The van der Waals surface area contributed by atoms with Crippen LogP contribution >= 0.6 is 0 Å². The SMILES string of the molecule is Cc1nn(C)c(C)c1-c1cc(C(=O)N2CCN(C(=O)C3CCCC3)CC2)[nH]n1. The Morgan fingerprint density at radius 2 is 1.71 bits per heavy atom. The van der Waals surface area contributed by atoms with Gasteiger partial charge >= 0.3 is 0 Å². The number of nitrogens with one attached hydrogen (secondary N) is 1. The smallest absolute Gasteiger partial charge is 0.272 e. The number of hydrogen-bond acceptors (Lipinski definition) is 4. The summed E-state index contributed by atoms with van der Waals surface area (Å²) in [6.07, 6.45) is 4.35. The number of aromatic amines is 1. The fraction of sp³-hybridized carbons (Fsp3) is 0.600. The van der Waals surface area contributed by atoms with Crippen LogP contribution in [-0.2, 0) is 11.8 Å². The third-order valence-corrected chi connectivity index (χ3v) is 6.16. The molecule has 1 saturated heterocycles. The molecule has 3 heterocycles. The van der Waals surface area contributed by atoms with E-state index in [1.807, 2.05) is 30.5 Å². The van der Waals surface area contributed by atoms with E-state index < -0.39 is 0 Å². The zero-order valence-electron chi connectivity index (χ0n) is 16.9. The van der Waals surface area contributed by atoms with Crippen molar-refractivity contribution in [1.82, 2.24) is 29.8 Å². The molecular formula is C20H28N6O2. The summed E-state index contributed by atoms with van der Waals surface area (Å²) in [5.74, 6) is 0.408. The summed E-state index contributed by atoms with van der Waals surface area (Å²) in [6, 6.07) is 1.80. The molecule has 4 rings (SSSR count). The van der Waals surface area contributed by atoms with Gasteiger partial charge in [-0.3, -0.25) is 19.4 Å². The van der Waals surface area contributed by atoms with Crippen molar-refractivity contribution in [1.29, 1.82) is 0 Å². The Morgan fingerprint density at radius 3 is 2.32 bits per heavy atom. The molecule has 1 N–H and O–H groups in total. The highest BCUT2D eigenvalue weighted by atomic mass is 16.2. The molecule has 1 saturated carbocycles. The van der Waals surface area contributed by atoms with Crippen molar-refractivity contribution >= 4 is 11.8 Å². The number of carbonyl (C=O) groups is 2. The van der Waals surface area contributed by atoms with Crippen LogP contribution in [-0.4, -0.2) is 67.8 Å². The van der Waals surface area contributed by atoms with E-state index in [9.17, 15) is 9.59 Å². The van der Waals surface area contributed by atoms with Crippen molar-refractivity contribution in [2.45, 2.75) is 39.5 Å². The molecule has 0 bridgehead atoms. The summed E-state index contributed by atoms with van der Waals surface area (Å²) in [5.41, 5.74) is 4.09. The van der Waals surface area contributed by atoms with Gasteiger partial charge < -0.3 is 9.80 Å². The van der Waals surface area contributed by atoms with Crippen LogP contribution in [0.1, 0.15) is 47.6 Å². The molecule has 2 amide bonds. The average Bonchev–Trinajstić information content (AvgIpc) is 3.43. The van der Waals surface area contributed by atoms with E-state index in [2.05, 4.69) is 15.3 Å². The van der Waals surface area contributed by atoms with Crippen molar-refractivity contribution in [2.24, 2.45) is 13.0 Å². The summed E-state index contributed by atoms with van der Waals surface area (Å²) in [5, 5.41) is 11.6. The van der Waals surface area contributed by atoms with E-state index in [1.54, 1.807) is 11.0 Å². The average molecular weight is 384 g/mol. The number of rotatable bonds is 3.